The van der Waals surface area contributed by atoms with Crippen LogP contribution in [-0.2, 0) is 28.6 Å². The average molecular weight is 247 g/mol. The summed E-state index contributed by atoms with van der Waals surface area (Å²) in [7, 11) is 2.36. The molecule has 0 aliphatic rings. The highest BCUT2D eigenvalue weighted by molar-refractivity contribution is 5.88. The second-order valence-electron chi connectivity index (χ2n) is 3.06. The second-order valence-corrected chi connectivity index (χ2v) is 3.06. The molecule has 98 valence electrons. The number of hydrogen-bond donors (Lipinski definition) is 1. The largest absolute Gasteiger partial charge is 0.469 e. The van der Waals surface area contributed by atoms with Crippen LogP contribution in [0.25, 0.3) is 0 Å². The molecule has 0 aromatic rings. The van der Waals surface area contributed by atoms with Crippen molar-refractivity contribution in [2.24, 2.45) is 0 Å². The van der Waals surface area contributed by atoms with Crippen LogP contribution in [-0.4, -0.2) is 51.3 Å². The minimum atomic E-state index is -1.06. The van der Waals surface area contributed by atoms with Crippen LogP contribution in [0.5, 0.6) is 0 Å². The van der Waals surface area contributed by atoms with E-state index in [1.807, 2.05) is 0 Å². The van der Waals surface area contributed by atoms with E-state index < -0.39 is 23.9 Å². The highest BCUT2D eigenvalue weighted by Gasteiger charge is 2.24. The van der Waals surface area contributed by atoms with E-state index in [1.54, 1.807) is 6.92 Å². The minimum Gasteiger partial charge on any atom is -0.469 e. The van der Waals surface area contributed by atoms with Gasteiger partial charge in [0.15, 0.2) is 0 Å². The lowest BCUT2D eigenvalue weighted by atomic mass is 10.2. The fourth-order valence-electron chi connectivity index (χ4n) is 1.02. The van der Waals surface area contributed by atoms with Crippen molar-refractivity contribution in [3.8, 4) is 0 Å². The summed E-state index contributed by atoms with van der Waals surface area (Å²) in [6.07, 6.45) is -0.277. The normalized spacial score (nSPS) is 11.5. The Balaban J connectivity index is 4.33. The number of amides is 1. The van der Waals surface area contributed by atoms with Crippen molar-refractivity contribution in [2.45, 2.75) is 19.4 Å². The molecule has 7 nitrogen and oxygen atoms in total. The molecular weight excluding hydrogens is 230 g/mol. The first-order chi connectivity index (χ1) is 8.04. The van der Waals surface area contributed by atoms with Gasteiger partial charge in [-0.15, -0.1) is 0 Å². The number of methoxy groups -OCH3 is 2. The van der Waals surface area contributed by atoms with Crippen LogP contribution in [0.2, 0.25) is 0 Å². The molecule has 17 heavy (non-hydrogen) atoms. The van der Waals surface area contributed by atoms with Crippen molar-refractivity contribution >= 4 is 17.8 Å². The molecular formula is C10H17NO6. The maximum Gasteiger partial charge on any atom is 0.328 e. The maximum absolute atomic E-state index is 11.3. The number of esters is 2. The van der Waals surface area contributed by atoms with E-state index in [1.165, 1.54) is 14.2 Å². The van der Waals surface area contributed by atoms with Crippen molar-refractivity contribution in [3.05, 3.63) is 0 Å². The van der Waals surface area contributed by atoms with Gasteiger partial charge in [-0.1, -0.05) is 0 Å². The molecule has 0 fully saturated rings. The number of rotatable bonds is 7. The van der Waals surface area contributed by atoms with Crippen LogP contribution in [0, 0.1) is 0 Å². The lowest BCUT2D eigenvalue weighted by Gasteiger charge is -2.15. The molecule has 0 saturated heterocycles. The van der Waals surface area contributed by atoms with Gasteiger partial charge in [0.2, 0.25) is 5.91 Å². The zero-order chi connectivity index (χ0) is 13.3. The third-order valence-electron chi connectivity index (χ3n) is 1.86. The predicted octanol–water partition coefficient (Wildman–Crippen LogP) is -0.756. The zero-order valence-corrected chi connectivity index (χ0v) is 10.1. The first-order valence-electron chi connectivity index (χ1n) is 5.06. The van der Waals surface area contributed by atoms with Gasteiger partial charge in [0.25, 0.3) is 0 Å². The molecule has 7 heteroatoms. The summed E-state index contributed by atoms with van der Waals surface area (Å²) in [4.78, 5) is 33.6. The Kier molecular flexibility index (Phi) is 7.70. The van der Waals surface area contributed by atoms with Gasteiger partial charge in [-0.05, 0) is 6.92 Å². The molecule has 1 amide bonds. The van der Waals surface area contributed by atoms with Crippen molar-refractivity contribution in [1.29, 1.82) is 0 Å². The number of carbonyl (C=O) groups excluding carboxylic acids is 3. The van der Waals surface area contributed by atoms with Gasteiger partial charge in [0.1, 0.15) is 12.6 Å². The van der Waals surface area contributed by atoms with Crippen LogP contribution in [0.1, 0.15) is 13.3 Å². The highest BCUT2D eigenvalue weighted by Crippen LogP contribution is 1.97. The molecule has 1 N–H and O–H groups in total. The number of hydrogen-bond acceptors (Lipinski definition) is 6. The van der Waals surface area contributed by atoms with Gasteiger partial charge in [0, 0.05) is 6.61 Å². The summed E-state index contributed by atoms with van der Waals surface area (Å²) in [5, 5.41) is 2.33. The molecule has 0 unspecified atom stereocenters. The number of ether oxygens (including phenoxy) is 3. The van der Waals surface area contributed by atoms with Crippen LogP contribution < -0.4 is 5.32 Å². The number of carbonyl (C=O) groups is 3. The summed E-state index contributed by atoms with van der Waals surface area (Å²) in [6.45, 7) is 1.94. The molecule has 0 aromatic carbocycles. The maximum atomic E-state index is 11.3. The third kappa shape index (κ3) is 6.52. The van der Waals surface area contributed by atoms with Gasteiger partial charge in [-0.25, -0.2) is 4.79 Å². The van der Waals surface area contributed by atoms with Crippen LogP contribution >= 0.6 is 0 Å². The molecule has 0 heterocycles. The lowest BCUT2D eigenvalue weighted by molar-refractivity contribution is -0.151. The lowest BCUT2D eigenvalue weighted by Crippen LogP contribution is -2.44. The standard InChI is InChI=1S/C10H17NO6/c1-4-17-6-8(12)11-7(10(14)16-3)5-9(13)15-2/h7H,4-6H2,1-3H3,(H,11,12)/t7-/m1/s1. The summed E-state index contributed by atoms with van der Waals surface area (Å²) in [5.74, 6) is -1.82. The second kappa shape index (κ2) is 8.51. The Bertz CT molecular complexity index is 278. The van der Waals surface area contributed by atoms with Gasteiger partial charge in [0.05, 0.1) is 20.6 Å². The molecule has 1 atom stereocenters. The van der Waals surface area contributed by atoms with Crippen LogP contribution in [0.4, 0.5) is 0 Å². The molecule has 0 spiro atoms. The van der Waals surface area contributed by atoms with Crippen molar-refractivity contribution < 1.29 is 28.6 Å². The monoisotopic (exact) mass is 247 g/mol. The van der Waals surface area contributed by atoms with E-state index in [0.29, 0.717) is 6.61 Å². The number of nitrogens with one attached hydrogen (secondary N) is 1. The Morgan fingerprint density at radius 2 is 1.82 bits per heavy atom. The van der Waals surface area contributed by atoms with Gasteiger partial charge in [-0.3, -0.25) is 9.59 Å². The SMILES string of the molecule is CCOCC(=O)N[C@H](CC(=O)OC)C(=O)OC. The third-order valence-corrected chi connectivity index (χ3v) is 1.86. The molecule has 0 radical (unpaired) electrons. The van der Waals surface area contributed by atoms with E-state index in [9.17, 15) is 14.4 Å². The summed E-state index contributed by atoms with van der Waals surface area (Å²) in [5.41, 5.74) is 0. The first-order valence-corrected chi connectivity index (χ1v) is 5.06. The van der Waals surface area contributed by atoms with Crippen LogP contribution in [0.15, 0.2) is 0 Å². The smallest absolute Gasteiger partial charge is 0.328 e. The Labute approximate surface area is 99.4 Å². The highest BCUT2D eigenvalue weighted by atomic mass is 16.5. The Hall–Kier alpha value is -1.63. The van der Waals surface area contributed by atoms with Gasteiger partial charge in [-0.2, -0.15) is 0 Å². The molecule has 0 aliphatic carbocycles. The fourth-order valence-corrected chi connectivity index (χ4v) is 1.02. The molecule has 0 saturated carbocycles. The van der Waals surface area contributed by atoms with Gasteiger partial charge < -0.3 is 19.5 Å². The van der Waals surface area contributed by atoms with Crippen LogP contribution in [0.3, 0.4) is 0 Å². The minimum absolute atomic E-state index is 0.175. The zero-order valence-electron chi connectivity index (χ0n) is 10.1. The fraction of sp³-hybridized carbons (Fsp3) is 0.700. The quantitative estimate of drug-likeness (QED) is 0.595. The van der Waals surface area contributed by atoms with E-state index in [2.05, 4.69) is 14.8 Å². The average Bonchev–Trinajstić information content (AvgIpc) is 2.34. The van der Waals surface area contributed by atoms with Gasteiger partial charge >= 0.3 is 11.9 Å². The Morgan fingerprint density at radius 3 is 2.29 bits per heavy atom. The van der Waals surface area contributed by atoms with E-state index in [-0.39, 0.29) is 13.0 Å². The van der Waals surface area contributed by atoms with Crippen molar-refractivity contribution in [2.75, 3.05) is 27.4 Å². The summed E-state index contributed by atoms with van der Waals surface area (Å²) < 4.78 is 13.7. The topological polar surface area (TPSA) is 90.9 Å². The van der Waals surface area contributed by atoms with E-state index in [0.717, 1.165) is 0 Å². The molecule has 0 rings (SSSR count). The Morgan fingerprint density at radius 1 is 1.18 bits per heavy atom. The summed E-state index contributed by atoms with van der Waals surface area (Å²) >= 11 is 0. The summed E-state index contributed by atoms with van der Waals surface area (Å²) in [6, 6.07) is -1.06. The van der Waals surface area contributed by atoms with E-state index >= 15 is 0 Å². The van der Waals surface area contributed by atoms with E-state index in [4.69, 9.17) is 4.74 Å². The van der Waals surface area contributed by atoms with Crippen molar-refractivity contribution in [1.82, 2.24) is 5.32 Å². The van der Waals surface area contributed by atoms with Crippen molar-refractivity contribution in [3.63, 3.8) is 0 Å². The molecule has 0 bridgehead atoms. The molecule has 0 aliphatic heterocycles. The first kappa shape index (κ1) is 15.4. The molecule has 0 aromatic heterocycles. The predicted molar refractivity (Wildman–Crippen MR) is 57.1 cm³/mol.